The van der Waals surface area contributed by atoms with E-state index < -0.39 is 0 Å². The Morgan fingerprint density at radius 2 is 2.23 bits per heavy atom. The van der Waals surface area contributed by atoms with Crippen molar-refractivity contribution in [2.45, 2.75) is 13.3 Å². The number of anilines is 1. The molecule has 0 fully saturated rings. The van der Waals surface area contributed by atoms with E-state index in [1.54, 1.807) is 17.4 Å². The number of nitrogen functional groups attached to an aromatic ring is 1. The molecule has 1 aromatic heterocycles. The summed E-state index contributed by atoms with van der Waals surface area (Å²) < 4.78 is 0.900. The second-order valence-electron chi connectivity index (χ2n) is 2.99. The summed E-state index contributed by atoms with van der Waals surface area (Å²) in [6, 6.07) is 3.73. The molecule has 0 aliphatic rings. The van der Waals surface area contributed by atoms with E-state index in [0.717, 1.165) is 16.5 Å². The van der Waals surface area contributed by atoms with Gasteiger partial charge in [-0.25, -0.2) is 0 Å². The summed E-state index contributed by atoms with van der Waals surface area (Å²) in [5.74, 6) is 0.224. The maximum Gasteiger partial charge on any atom is 0.156 e. The van der Waals surface area contributed by atoms with Crippen molar-refractivity contribution in [1.29, 1.82) is 0 Å². The van der Waals surface area contributed by atoms with Crippen LogP contribution in [-0.4, -0.2) is 5.11 Å². The Morgan fingerprint density at radius 1 is 1.46 bits per heavy atom. The first-order chi connectivity index (χ1) is 6.24. The van der Waals surface area contributed by atoms with Crippen LogP contribution in [0.25, 0.3) is 10.1 Å². The number of nitrogens with two attached hydrogens (primary N) is 1. The molecule has 0 atom stereocenters. The zero-order valence-electron chi connectivity index (χ0n) is 7.37. The predicted octanol–water partition coefficient (Wildman–Crippen LogP) is 2.75. The fourth-order valence-corrected chi connectivity index (χ4v) is 2.54. The van der Waals surface area contributed by atoms with Crippen molar-refractivity contribution < 1.29 is 5.11 Å². The number of fused-ring (bicyclic) bond motifs is 1. The van der Waals surface area contributed by atoms with E-state index in [-0.39, 0.29) is 5.75 Å². The normalized spacial score (nSPS) is 10.8. The van der Waals surface area contributed by atoms with Gasteiger partial charge in [0, 0.05) is 0 Å². The van der Waals surface area contributed by atoms with Crippen LogP contribution >= 0.6 is 11.3 Å². The first-order valence-electron chi connectivity index (χ1n) is 4.21. The second kappa shape index (κ2) is 2.92. The number of aromatic hydroxyl groups is 1. The largest absolute Gasteiger partial charge is 0.504 e. The maximum absolute atomic E-state index is 9.65. The lowest BCUT2D eigenvalue weighted by Gasteiger charge is -1.99. The van der Waals surface area contributed by atoms with Crippen molar-refractivity contribution in [2.75, 3.05) is 5.73 Å². The standard InChI is InChI=1S/C10H11NOS/c1-2-6-5-13-10-7(6)3-4-8(11)9(10)12/h3-5,12H,2,11H2,1H3. The quantitative estimate of drug-likeness (QED) is 0.540. The van der Waals surface area contributed by atoms with Crippen LogP contribution in [0.3, 0.4) is 0 Å². The van der Waals surface area contributed by atoms with Crippen LogP contribution in [0.5, 0.6) is 5.75 Å². The van der Waals surface area contributed by atoms with Crippen molar-refractivity contribution >= 4 is 27.1 Å². The van der Waals surface area contributed by atoms with Gasteiger partial charge >= 0.3 is 0 Å². The Bertz CT molecular complexity index is 447. The average molecular weight is 193 g/mol. The molecule has 0 radical (unpaired) electrons. The van der Waals surface area contributed by atoms with Gasteiger partial charge in [-0.2, -0.15) is 0 Å². The van der Waals surface area contributed by atoms with Gasteiger partial charge in [-0.05, 0) is 28.8 Å². The minimum absolute atomic E-state index is 0.224. The van der Waals surface area contributed by atoms with Gasteiger partial charge in [-0.15, -0.1) is 11.3 Å². The third kappa shape index (κ3) is 1.16. The summed E-state index contributed by atoms with van der Waals surface area (Å²) in [5, 5.41) is 12.9. The molecule has 0 saturated heterocycles. The molecule has 13 heavy (non-hydrogen) atoms. The summed E-state index contributed by atoms with van der Waals surface area (Å²) in [6.07, 6.45) is 0.989. The smallest absolute Gasteiger partial charge is 0.156 e. The number of phenolic OH excluding ortho intramolecular Hbond substituents is 1. The second-order valence-corrected chi connectivity index (χ2v) is 3.87. The monoisotopic (exact) mass is 193 g/mol. The minimum Gasteiger partial charge on any atom is -0.504 e. The molecule has 3 heteroatoms. The topological polar surface area (TPSA) is 46.2 Å². The molecule has 3 N–H and O–H groups in total. The molecule has 0 saturated carbocycles. The van der Waals surface area contributed by atoms with Crippen LogP contribution in [0.2, 0.25) is 0 Å². The van der Waals surface area contributed by atoms with E-state index in [4.69, 9.17) is 5.73 Å². The first kappa shape index (κ1) is 8.38. The molecule has 0 aliphatic carbocycles. The van der Waals surface area contributed by atoms with Crippen molar-refractivity contribution in [2.24, 2.45) is 0 Å². The summed E-state index contributed by atoms with van der Waals surface area (Å²) in [4.78, 5) is 0. The van der Waals surface area contributed by atoms with Crippen molar-refractivity contribution in [3.8, 4) is 5.75 Å². The fraction of sp³-hybridized carbons (Fsp3) is 0.200. The highest BCUT2D eigenvalue weighted by Crippen LogP contribution is 2.37. The number of phenols is 1. The van der Waals surface area contributed by atoms with Gasteiger partial charge in [0.1, 0.15) is 0 Å². The number of rotatable bonds is 1. The molecule has 0 bridgehead atoms. The van der Waals surface area contributed by atoms with Crippen molar-refractivity contribution in [3.63, 3.8) is 0 Å². The van der Waals surface area contributed by atoms with E-state index in [2.05, 4.69) is 12.3 Å². The van der Waals surface area contributed by atoms with Gasteiger partial charge in [0.25, 0.3) is 0 Å². The highest BCUT2D eigenvalue weighted by Gasteiger charge is 2.08. The molecule has 1 heterocycles. The van der Waals surface area contributed by atoms with E-state index in [9.17, 15) is 5.11 Å². The molecule has 68 valence electrons. The highest BCUT2D eigenvalue weighted by atomic mass is 32.1. The van der Waals surface area contributed by atoms with E-state index in [1.165, 1.54) is 5.56 Å². The summed E-state index contributed by atoms with van der Waals surface area (Å²) >= 11 is 1.55. The Hall–Kier alpha value is -1.22. The van der Waals surface area contributed by atoms with Crippen LogP contribution in [0.4, 0.5) is 5.69 Å². The lowest BCUT2D eigenvalue weighted by molar-refractivity contribution is 0.485. The SMILES string of the molecule is CCc1csc2c(O)c(N)ccc12. The lowest BCUT2D eigenvalue weighted by atomic mass is 10.1. The van der Waals surface area contributed by atoms with Gasteiger partial charge in [0.15, 0.2) is 5.75 Å². The van der Waals surface area contributed by atoms with Gasteiger partial charge in [0.2, 0.25) is 0 Å². The van der Waals surface area contributed by atoms with Gasteiger partial charge < -0.3 is 10.8 Å². The number of benzene rings is 1. The molecule has 0 aliphatic heterocycles. The van der Waals surface area contributed by atoms with E-state index in [1.807, 2.05) is 6.07 Å². The van der Waals surface area contributed by atoms with Gasteiger partial charge in [-0.3, -0.25) is 0 Å². The van der Waals surface area contributed by atoms with E-state index in [0.29, 0.717) is 5.69 Å². The Labute approximate surface area is 80.6 Å². The Kier molecular flexibility index (Phi) is 1.88. The summed E-state index contributed by atoms with van der Waals surface area (Å²) in [7, 11) is 0. The van der Waals surface area contributed by atoms with Gasteiger partial charge in [-0.1, -0.05) is 13.0 Å². The zero-order valence-corrected chi connectivity index (χ0v) is 8.19. The number of hydrogen-bond donors (Lipinski definition) is 2. The molecule has 2 rings (SSSR count). The third-order valence-electron chi connectivity index (χ3n) is 2.21. The minimum atomic E-state index is 0.224. The molecule has 0 amide bonds. The van der Waals surface area contributed by atoms with Crippen LogP contribution in [0, 0.1) is 0 Å². The zero-order chi connectivity index (χ0) is 9.42. The van der Waals surface area contributed by atoms with Gasteiger partial charge in [0.05, 0.1) is 10.4 Å². The number of thiophene rings is 1. The number of hydrogen-bond acceptors (Lipinski definition) is 3. The average Bonchev–Trinajstić information content (AvgIpc) is 2.55. The van der Waals surface area contributed by atoms with Crippen molar-refractivity contribution in [1.82, 2.24) is 0 Å². The van der Waals surface area contributed by atoms with Crippen LogP contribution in [-0.2, 0) is 6.42 Å². The highest BCUT2D eigenvalue weighted by molar-refractivity contribution is 7.17. The van der Waals surface area contributed by atoms with Crippen LogP contribution in [0.1, 0.15) is 12.5 Å². The summed E-state index contributed by atoms with van der Waals surface area (Å²) in [5.41, 5.74) is 7.32. The number of aryl methyl sites for hydroxylation is 1. The molecule has 2 nitrogen and oxygen atoms in total. The van der Waals surface area contributed by atoms with E-state index >= 15 is 0 Å². The molecule has 2 aromatic rings. The first-order valence-corrected chi connectivity index (χ1v) is 5.09. The fourth-order valence-electron chi connectivity index (χ4n) is 1.43. The maximum atomic E-state index is 9.65. The lowest BCUT2D eigenvalue weighted by Crippen LogP contribution is -1.84. The molecule has 0 spiro atoms. The summed E-state index contributed by atoms with van der Waals surface area (Å²) in [6.45, 7) is 2.11. The Balaban J connectivity index is 2.81. The Morgan fingerprint density at radius 3 is 2.92 bits per heavy atom. The predicted molar refractivity (Wildman–Crippen MR) is 57.3 cm³/mol. The molecular weight excluding hydrogens is 182 g/mol. The molecular formula is C10H11NOS. The van der Waals surface area contributed by atoms with Crippen molar-refractivity contribution in [3.05, 3.63) is 23.1 Å². The van der Waals surface area contributed by atoms with Crippen LogP contribution in [0.15, 0.2) is 17.5 Å². The molecule has 1 aromatic carbocycles. The van der Waals surface area contributed by atoms with Crippen LogP contribution < -0.4 is 5.73 Å². The third-order valence-corrected chi connectivity index (χ3v) is 3.26. The molecule has 0 unspecified atom stereocenters.